The van der Waals surface area contributed by atoms with E-state index in [0.717, 1.165) is 93.2 Å². The Kier molecular flexibility index (Phi) is 4.30. The topological polar surface area (TPSA) is 82.9 Å². The number of carbonyl (C=O) groups excluding carboxylic acids is 1. The number of piperidine rings is 1. The lowest BCUT2D eigenvalue weighted by molar-refractivity contribution is -0.134. The minimum Gasteiger partial charge on any atom is -0.356 e. The van der Waals surface area contributed by atoms with Gasteiger partial charge in [-0.1, -0.05) is 0 Å². The van der Waals surface area contributed by atoms with Crippen molar-refractivity contribution in [1.29, 1.82) is 0 Å². The highest BCUT2D eigenvalue weighted by Gasteiger charge is 2.50. The van der Waals surface area contributed by atoms with Crippen LogP contribution in [0.1, 0.15) is 50.0 Å². The number of nitrogens with one attached hydrogen (secondary N) is 1. The van der Waals surface area contributed by atoms with Crippen LogP contribution in [0.3, 0.4) is 0 Å². The van der Waals surface area contributed by atoms with Gasteiger partial charge in [0.1, 0.15) is 17.2 Å². The molecule has 162 valence electrons. The summed E-state index contributed by atoms with van der Waals surface area (Å²) >= 11 is 0. The lowest BCUT2D eigenvalue weighted by Crippen LogP contribution is -2.44. The molecule has 1 atom stereocenters. The van der Waals surface area contributed by atoms with Crippen LogP contribution in [0.25, 0.3) is 11.2 Å². The van der Waals surface area contributed by atoms with Crippen LogP contribution in [0, 0.1) is 12.8 Å². The van der Waals surface area contributed by atoms with Gasteiger partial charge in [-0.2, -0.15) is 5.10 Å². The number of amides is 1. The molecule has 0 bridgehead atoms. The van der Waals surface area contributed by atoms with Crippen molar-refractivity contribution < 1.29 is 4.79 Å². The van der Waals surface area contributed by atoms with Gasteiger partial charge in [-0.25, -0.2) is 9.97 Å². The van der Waals surface area contributed by atoms with Crippen LogP contribution < -0.4 is 4.90 Å². The molecule has 1 amide bonds. The molecule has 2 aliphatic heterocycles. The first-order chi connectivity index (χ1) is 15.1. The van der Waals surface area contributed by atoms with Gasteiger partial charge in [0, 0.05) is 32.4 Å². The summed E-state index contributed by atoms with van der Waals surface area (Å²) in [5.41, 5.74) is 2.56. The van der Waals surface area contributed by atoms with Crippen molar-refractivity contribution in [2.24, 2.45) is 5.92 Å². The molecule has 3 aromatic heterocycles. The number of hydrogen-bond acceptors (Lipinski definition) is 5. The largest absolute Gasteiger partial charge is 0.356 e. The number of rotatable bonds is 4. The molecule has 3 aromatic rings. The van der Waals surface area contributed by atoms with Crippen molar-refractivity contribution in [1.82, 2.24) is 29.6 Å². The minimum atomic E-state index is -0.159. The summed E-state index contributed by atoms with van der Waals surface area (Å²) in [6, 6.07) is 6.17. The second-order valence-corrected chi connectivity index (χ2v) is 9.38. The maximum atomic E-state index is 12.9. The maximum Gasteiger partial charge on any atom is 0.227 e. The Bertz CT molecular complexity index is 1120. The number of likely N-dealkylation sites (tertiary alicyclic amines) is 1. The molecule has 3 aliphatic rings. The number of nitrogens with zero attached hydrogens (tertiary/aromatic N) is 6. The first-order valence-electron chi connectivity index (χ1n) is 11.6. The number of aryl methyl sites for hydroxylation is 1. The Hall–Kier alpha value is -2.90. The number of H-pyrrole nitrogens is 1. The fourth-order valence-electron chi connectivity index (χ4n) is 5.21. The third kappa shape index (κ3) is 3.20. The Morgan fingerprint density at radius 2 is 1.94 bits per heavy atom. The van der Waals surface area contributed by atoms with E-state index in [9.17, 15) is 4.79 Å². The molecule has 2 saturated heterocycles. The summed E-state index contributed by atoms with van der Waals surface area (Å²) in [6.45, 7) is 5.55. The maximum absolute atomic E-state index is 12.9. The van der Waals surface area contributed by atoms with E-state index in [4.69, 9.17) is 9.97 Å². The summed E-state index contributed by atoms with van der Waals surface area (Å²) in [6.07, 6.45) is 8.40. The van der Waals surface area contributed by atoms with E-state index >= 15 is 0 Å². The van der Waals surface area contributed by atoms with Crippen molar-refractivity contribution in [3.05, 3.63) is 35.9 Å². The van der Waals surface area contributed by atoms with Gasteiger partial charge in [0.05, 0.1) is 17.1 Å². The number of aromatic nitrogens is 5. The van der Waals surface area contributed by atoms with Crippen molar-refractivity contribution >= 4 is 22.9 Å². The second-order valence-electron chi connectivity index (χ2n) is 9.38. The number of carbonyl (C=O) groups is 1. The Morgan fingerprint density at radius 1 is 1.10 bits per heavy atom. The number of imidazole rings is 1. The zero-order chi connectivity index (χ0) is 21.0. The van der Waals surface area contributed by atoms with Crippen molar-refractivity contribution in [3.63, 3.8) is 0 Å². The predicted molar refractivity (Wildman–Crippen MR) is 118 cm³/mol. The molecule has 1 aliphatic carbocycles. The lowest BCUT2D eigenvalue weighted by Gasteiger charge is -2.34. The molecule has 5 heterocycles. The summed E-state index contributed by atoms with van der Waals surface area (Å²) < 4.78 is 2.04. The number of aromatic amines is 1. The molecular formula is C23H29N7O. The highest BCUT2D eigenvalue weighted by Crippen LogP contribution is 2.48. The number of pyridine rings is 1. The SMILES string of the molecule is Cc1ccn(C2(c3nc4nc(N5CCCC(C(=O)N6CCCC6)C5)ccc4[nH]3)CC2)n1. The van der Waals surface area contributed by atoms with Gasteiger partial charge in [-0.15, -0.1) is 0 Å². The smallest absolute Gasteiger partial charge is 0.227 e. The molecule has 6 rings (SSSR count). The molecule has 0 spiro atoms. The fourth-order valence-corrected chi connectivity index (χ4v) is 5.21. The van der Waals surface area contributed by atoms with Crippen LogP contribution >= 0.6 is 0 Å². The van der Waals surface area contributed by atoms with Crippen LogP contribution in [0.2, 0.25) is 0 Å². The molecule has 1 unspecified atom stereocenters. The van der Waals surface area contributed by atoms with Crippen molar-refractivity contribution in [3.8, 4) is 0 Å². The molecule has 1 N–H and O–H groups in total. The standard InChI is InChI=1S/C23H29N7O/c1-16-8-14-30(27-16)23(9-10-23)22-24-18-6-7-19(25-20(18)26-22)29-13-4-5-17(15-29)21(31)28-11-2-3-12-28/h6-8,14,17H,2-5,9-13,15H2,1H3,(H,24,25,26). The number of anilines is 1. The Balaban J connectivity index is 1.24. The summed E-state index contributed by atoms with van der Waals surface area (Å²) in [4.78, 5) is 30.5. The Labute approximate surface area is 181 Å². The third-order valence-corrected chi connectivity index (χ3v) is 7.17. The lowest BCUT2D eigenvalue weighted by atomic mass is 9.96. The van der Waals surface area contributed by atoms with E-state index in [1.54, 1.807) is 0 Å². The number of fused-ring (bicyclic) bond motifs is 1. The first-order valence-corrected chi connectivity index (χ1v) is 11.6. The van der Waals surface area contributed by atoms with Gasteiger partial charge in [0.2, 0.25) is 5.91 Å². The summed E-state index contributed by atoms with van der Waals surface area (Å²) in [5, 5.41) is 4.63. The van der Waals surface area contributed by atoms with Gasteiger partial charge in [-0.05, 0) is 63.6 Å². The van der Waals surface area contributed by atoms with Crippen LogP contribution in [0.5, 0.6) is 0 Å². The zero-order valence-corrected chi connectivity index (χ0v) is 18.0. The van der Waals surface area contributed by atoms with Crippen molar-refractivity contribution in [2.45, 2.75) is 51.0 Å². The van der Waals surface area contributed by atoms with Gasteiger partial charge in [0.15, 0.2) is 5.65 Å². The highest BCUT2D eigenvalue weighted by atomic mass is 16.2. The van der Waals surface area contributed by atoms with Crippen LogP contribution in [-0.4, -0.2) is 61.7 Å². The summed E-state index contributed by atoms with van der Waals surface area (Å²) in [7, 11) is 0. The van der Waals surface area contributed by atoms with Crippen LogP contribution in [0.4, 0.5) is 5.82 Å². The van der Waals surface area contributed by atoms with E-state index in [2.05, 4.69) is 32.0 Å². The van der Waals surface area contributed by atoms with Gasteiger partial charge < -0.3 is 14.8 Å². The monoisotopic (exact) mass is 419 g/mol. The van der Waals surface area contributed by atoms with E-state index in [-0.39, 0.29) is 11.5 Å². The second kappa shape index (κ2) is 7.07. The normalized spacial score (nSPS) is 22.9. The van der Waals surface area contributed by atoms with Crippen molar-refractivity contribution in [2.75, 3.05) is 31.1 Å². The van der Waals surface area contributed by atoms with E-state index in [0.29, 0.717) is 5.91 Å². The molecule has 31 heavy (non-hydrogen) atoms. The zero-order valence-electron chi connectivity index (χ0n) is 18.0. The molecule has 3 fully saturated rings. The van der Waals surface area contributed by atoms with Gasteiger partial charge in [-0.3, -0.25) is 9.48 Å². The van der Waals surface area contributed by atoms with E-state index in [1.165, 1.54) is 0 Å². The molecule has 0 radical (unpaired) electrons. The minimum absolute atomic E-state index is 0.0804. The number of hydrogen-bond donors (Lipinski definition) is 1. The van der Waals surface area contributed by atoms with Crippen LogP contribution in [0.15, 0.2) is 24.4 Å². The summed E-state index contributed by atoms with van der Waals surface area (Å²) in [5.74, 6) is 2.27. The predicted octanol–water partition coefficient (Wildman–Crippen LogP) is 2.84. The molecule has 8 nitrogen and oxygen atoms in total. The van der Waals surface area contributed by atoms with Gasteiger partial charge >= 0.3 is 0 Å². The van der Waals surface area contributed by atoms with Crippen LogP contribution in [-0.2, 0) is 10.3 Å². The van der Waals surface area contributed by atoms with Gasteiger partial charge in [0.25, 0.3) is 0 Å². The average molecular weight is 420 g/mol. The highest BCUT2D eigenvalue weighted by molar-refractivity contribution is 5.80. The molecule has 8 heteroatoms. The molecule has 0 aromatic carbocycles. The quantitative estimate of drug-likeness (QED) is 0.703. The fraction of sp³-hybridized carbons (Fsp3) is 0.565. The Morgan fingerprint density at radius 3 is 2.68 bits per heavy atom. The average Bonchev–Trinajstić information content (AvgIpc) is 3.18. The molecule has 1 saturated carbocycles. The van der Waals surface area contributed by atoms with E-state index in [1.807, 2.05) is 23.9 Å². The molecular weight excluding hydrogens is 390 g/mol. The van der Waals surface area contributed by atoms with E-state index < -0.39 is 0 Å². The third-order valence-electron chi connectivity index (χ3n) is 7.17. The first kappa shape index (κ1) is 18.8.